The van der Waals surface area contributed by atoms with Crippen molar-refractivity contribution < 1.29 is 22.9 Å². The van der Waals surface area contributed by atoms with Gasteiger partial charge in [0.25, 0.3) is 0 Å². The van der Waals surface area contributed by atoms with Crippen molar-refractivity contribution in [1.29, 1.82) is 0 Å². The Hall–Kier alpha value is -1.20. The Bertz CT molecular complexity index is 726. The fraction of sp³-hybridized carbons (Fsp3) is 0.720. The Labute approximate surface area is 194 Å². The Balaban J connectivity index is 1.87. The van der Waals surface area contributed by atoms with Crippen molar-refractivity contribution in [3.8, 4) is 0 Å². The molecule has 6 nitrogen and oxygen atoms in total. The molecule has 0 saturated heterocycles. The SMILES string of the molecule is CCCCCCCCc1ccc(CC[C@]2(COP(=O)(OCC)OCC)COC(C)=N2)cc1. The number of nitrogens with zero attached hydrogens (tertiary/aromatic N) is 1. The van der Waals surface area contributed by atoms with Crippen molar-refractivity contribution in [3.05, 3.63) is 35.4 Å². The Kier molecular flexibility index (Phi) is 12.0. The van der Waals surface area contributed by atoms with Gasteiger partial charge in [0.15, 0.2) is 5.90 Å². The van der Waals surface area contributed by atoms with Crippen LogP contribution in [0.1, 0.15) is 83.8 Å². The normalized spacial score (nSPS) is 18.6. The number of phosphoric ester groups is 1. The molecule has 0 unspecified atom stereocenters. The molecule has 0 radical (unpaired) electrons. The number of aliphatic imine (C=N–C) groups is 1. The average molecular weight is 468 g/mol. The predicted octanol–water partition coefficient (Wildman–Crippen LogP) is 6.91. The first kappa shape index (κ1) is 27.0. The summed E-state index contributed by atoms with van der Waals surface area (Å²) in [5, 5.41) is 0. The first-order chi connectivity index (χ1) is 15.4. The van der Waals surface area contributed by atoms with Crippen LogP contribution >= 0.6 is 7.82 Å². The number of benzene rings is 1. The molecule has 1 aliphatic rings. The summed E-state index contributed by atoms with van der Waals surface area (Å²) in [4.78, 5) is 4.68. The van der Waals surface area contributed by atoms with E-state index in [2.05, 4.69) is 36.2 Å². The molecule has 7 heteroatoms. The van der Waals surface area contributed by atoms with Crippen molar-refractivity contribution in [1.82, 2.24) is 0 Å². The van der Waals surface area contributed by atoms with Crippen molar-refractivity contribution in [2.24, 2.45) is 4.99 Å². The molecule has 0 N–H and O–H groups in total. The maximum atomic E-state index is 12.7. The first-order valence-corrected chi connectivity index (χ1v) is 13.7. The van der Waals surface area contributed by atoms with E-state index in [0.29, 0.717) is 12.5 Å². The molecule has 1 heterocycles. The molecule has 32 heavy (non-hydrogen) atoms. The highest BCUT2D eigenvalue weighted by Gasteiger charge is 2.39. The molecule has 1 atom stereocenters. The number of hydrogen-bond acceptors (Lipinski definition) is 6. The van der Waals surface area contributed by atoms with Crippen molar-refractivity contribution in [3.63, 3.8) is 0 Å². The number of rotatable bonds is 17. The number of hydrogen-bond donors (Lipinski definition) is 0. The average Bonchev–Trinajstić information content (AvgIpc) is 3.16. The molecule has 0 fully saturated rings. The van der Waals surface area contributed by atoms with Gasteiger partial charge in [0.05, 0.1) is 19.8 Å². The maximum Gasteiger partial charge on any atom is 0.474 e. The van der Waals surface area contributed by atoms with Crippen molar-refractivity contribution in [2.45, 2.75) is 91.0 Å². The molecule has 0 bridgehead atoms. The fourth-order valence-corrected chi connectivity index (χ4v) is 5.15. The smallest absolute Gasteiger partial charge is 0.474 e. The van der Waals surface area contributed by atoms with Gasteiger partial charge in [-0.3, -0.25) is 13.6 Å². The summed E-state index contributed by atoms with van der Waals surface area (Å²) < 4.78 is 34.5. The minimum absolute atomic E-state index is 0.137. The van der Waals surface area contributed by atoms with Gasteiger partial charge >= 0.3 is 7.82 Å². The van der Waals surface area contributed by atoms with E-state index in [1.165, 1.54) is 49.7 Å². The second kappa shape index (κ2) is 14.1. The third-order valence-electron chi connectivity index (χ3n) is 5.73. The zero-order valence-electron chi connectivity index (χ0n) is 20.4. The van der Waals surface area contributed by atoms with Gasteiger partial charge in [-0.2, -0.15) is 0 Å². The minimum Gasteiger partial charge on any atom is -0.479 e. The summed E-state index contributed by atoms with van der Waals surface area (Å²) in [6.07, 6.45) is 10.6. The summed E-state index contributed by atoms with van der Waals surface area (Å²) in [6, 6.07) is 8.89. The van der Waals surface area contributed by atoms with Crippen LogP contribution in [0.4, 0.5) is 0 Å². The van der Waals surface area contributed by atoms with Crippen LogP contribution in [0.25, 0.3) is 0 Å². The molecule has 0 saturated carbocycles. The number of ether oxygens (including phenoxy) is 1. The van der Waals surface area contributed by atoms with Gasteiger partial charge in [-0.25, -0.2) is 9.56 Å². The highest BCUT2D eigenvalue weighted by Crippen LogP contribution is 2.50. The van der Waals surface area contributed by atoms with E-state index in [1.807, 2.05) is 6.92 Å². The maximum absolute atomic E-state index is 12.7. The third-order valence-corrected chi connectivity index (χ3v) is 7.33. The highest BCUT2D eigenvalue weighted by molar-refractivity contribution is 7.48. The quantitative estimate of drug-likeness (QED) is 0.184. The molecule has 1 aromatic rings. The molecule has 0 aliphatic carbocycles. The topological polar surface area (TPSA) is 66.4 Å². The summed E-state index contributed by atoms with van der Waals surface area (Å²) >= 11 is 0. The lowest BCUT2D eigenvalue weighted by atomic mass is 9.93. The highest BCUT2D eigenvalue weighted by atomic mass is 31.2. The summed E-state index contributed by atoms with van der Waals surface area (Å²) in [5.74, 6) is 0.630. The zero-order valence-corrected chi connectivity index (χ0v) is 21.3. The molecular formula is C25H42NO5P. The number of aryl methyl sites for hydroxylation is 2. The lowest BCUT2D eigenvalue weighted by Crippen LogP contribution is -2.35. The van der Waals surface area contributed by atoms with Crippen LogP contribution in [-0.4, -0.2) is 37.9 Å². The van der Waals surface area contributed by atoms with E-state index in [-0.39, 0.29) is 19.8 Å². The number of unbranched alkanes of at least 4 members (excludes halogenated alkanes) is 5. The van der Waals surface area contributed by atoms with E-state index in [1.54, 1.807) is 13.8 Å². The van der Waals surface area contributed by atoms with Crippen LogP contribution in [0, 0.1) is 0 Å². The molecule has 0 spiro atoms. The second-order valence-corrected chi connectivity index (χ2v) is 10.2. The van der Waals surface area contributed by atoms with Crippen LogP contribution in [0.15, 0.2) is 29.3 Å². The largest absolute Gasteiger partial charge is 0.479 e. The monoisotopic (exact) mass is 467 g/mol. The first-order valence-electron chi connectivity index (χ1n) is 12.2. The molecular weight excluding hydrogens is 425 g/mol. The molecule has 1 aliphatic heterocycles. The van der Waals surface area contributed by atoms with Gasteiger partial charge in [0.2, 0.25) is 0 Å². The van der Waals surface area contributed by atoms with Crippen LogP contribution in [-0.2, 0) is 35.7 Å². The van der Waals surface area contributed by atoms with Crippen molar-refractivity contribution in [2.75, 3.05) is 26.4 Å². The Morgan fingerprint density at radius 1 is 0.906 bits per heavy atom. The van der Waals surface area contributed by atoms with E-state index < -0.39 is 13.4 Å². The van der Waals surface area contributed by atoms with Gasteiger partial charge in [-0.1, -0.05) is 63.3 Å². The molecule has 0 amide bonds. The number of phosphoric acid groups is 1. The standard InChI is InChI=1S/C25H42NO5P/c1-5-8-9-10-11-12-13-23-14-16-24(17-15-23)18-19-25(20-28-22(4)26-25)21-31-32(27,29-6-2)30-7-3/h14-17H,5-13,18-21H2,1-4H3/t25-/m1/s1. The molecule has 0 aromatic heterocycles. The van der Waals surface area contributed by atoms with Crippen LogP contribution in [0.5, 0.6) is 0 Å². The molecule has 1 aromatic carbocycles. The van der Waals surface area contributed by atoms with Gasteiger partial charge in [-0.05, 0) is 50.7 Å². The Morgan fingerprint density at radius 2 is 1.50 bits per heavy atom. The lowest BCUT2D eigenvalue weighted by molar-refractivity contribution is 0.0886. The summed E-state index contributed by atoms with van der Waals surface area (Å²) in [7, 11) is -3.58. The van der Waals surface area contributed by atoms with Crippen molar-refractivity contribution >= 4 is 13.7 Å². The van der Waals surface area contributed by atoms with E-state index in [0.717, 1.165) is 19.3 Å². The van der Waals surface area contributed by atoms with Gasteiger partial charge in [0.1, 0.15) is 12.1 Å². The third kappa shape index (κ3) is 9.35. The van der Waals surface area contributed by atoms with E-state index >= 15 is 0 Å². The predicted molar refractivity (Wildman–Crippen MR) is 130 cm³/mol. The lowest BCUT2D eigenvalue weighted by Gasteiger charge is -2.26. The van der Waals surface area contributed by atoms with Crippen LogP contribution in [0.2, 0.25) is 0 Å². The Morgan fingerprint density at radius 3 is 2.06 bits per heavy atom. The van der Waals surface area contributed by atoms with Gasteiger partial charge in [-0.15, -0.1) is 0 Å². The summed E-state index contributed by atoms with van der Waals surface area (Å²) in [6.45, 7) is 8.68. The minimum atomic E-state index is -3.58. The van der Waals surface area contributed by atoms with E-state index in [4.69, 9.17) is 18.3 Å². The second-order valence-electron chi connectivity index (χ2n) is 8.53. The van der Waals surface area contributed by atoms with Gasteiger partial charge in [0, 0.05) is 6.92 Å². The zero-order chi connectivity index (χ0) is 23.3. The van der Waals surface area contributed by atoms with Crippen LogP contribution in [0.3, 0.4) is 0 Å². The molecule has 182 valence electrons. The van der Waals surface area contributed by atoms with E-state index in [9.17, 15) is 4.57 Å². The summed E-state index contributed by atoms with van der Waals surface area (Å²) in [5.41, 5.74) is 2.08. The van der Waals surface area contributed by atoms with Gasteiger partial charge < -0.3 is 4.74 Å². The van der Waals surface area contributed by atoms with Crippen LogP contribution < -0.4 is 0 Å². The fourth-order valence-electron chi connectivity index (χ4n) is 3.90. The molecule has 2 rings (SSSR count).